The second-order valence-electron chi connectivity index (χ2n) is 3.56. The van der Waals surface area contributed by atoms with Crippen molar-refractivity contribution in [2.75, 3.05) is 14.1 Å². The Labute approximate surface area is 89.1 Å². The van der Waals surface area contributed by atoms with Gasteiger partial charge in [0.2, 0.25) is 0 Å². The zero-order valence-corrected chi connectivity index (χ0v) is 8.88. The molecule has 0 aliphatic heterocycles. The van der Waals surface area contributed by atoms with Crippen LogP contribution in [0.15, 0.2) is 36.7 Å². The molecule has 0 atom stereocenters. The molecule has 15 heavy (non-hydrogen) atoms. The van der Waals surface area contributed by atoms with Gasteiger partial charge in [0.1, 0.15) is 0 Å². The molecule has 0 radical (unpaired) electrons. The van der Waals surface area contributed by atoms with Gasteiger partial charge < -0.3 is 4.90 Å². The molecule has 76 valence electrons. The van der Waals surface area contributed by atoms with E-state index in [2.05, 4.69) is 9.97 Å². The van der Waals surface area contributed by atoms with Crippen LogP contribution in [-0.2, 0) is 0 Å². The average Bonchev–Trinajstić information content (AvgIpc) is 2.26. The molecule has 0 aliphatic rings. The highest BCUT2D eigenvalue weighted by atomic mass is 15.0. The van der Waals surface area contributed by atoms with Crippen molar-refractivity contribution >= 4 is 17.1 Å². The molecule has 0 spiro atoms. The Hall–Kier alpha value is -1.90. The topological polar surface area (TPSA) is 29.0 Å². The van der Waals surface area contributed by atoms with Gasteiger partial charge in [0.25, 0.3) is 0 Å². The smallest absolute Gasteiger partial charge is 0.0894 e. The molecule has 2 rings (SSSR count). The van der Waals surface area contributed by atoms with Crippen molar-refractivity contribution in [2.24, 2.45) is 0 Å². The molecule has 0 unspecified atom stereocenters. The molecule has 0 amide bonds. The monoisotopic (exact) mass is 199 g/mol. The summed E-state index contributed by atoms with van der Waals surface area (Å²) in [6, 6.07) is 7.86. The maximum Gasteiger partial charge on any atom is 0.0894 e. The van der Waals surface area contributed by atoms with Gasteiger partial charge in [0, 0.05) is 20.3 Å². The number of nitrogens with zero attached hydrogens (tertiary/aromatic N) is 3. The first-order valence-corrected chi connectivity index (χ1v) is 4.82. The van der Waals surface area contributed by atoms with Crippen LogP contribution in [0.2, 0.25) is 0 Å². The number of fused-ring (bicyclic) bond motifs is 1. The highest BCUT2D eigenvalue weighted by Crippen LogP contribution is 2.09. The molecule has 0 saturated carbocycles. The molecule has 3 heteroatoms. The molecule has 3 nitrogen and oxygen atoms in total. The van der Waals surface area contributed by atoms with Crippen LogP contribution in [0.25, 0.3) is 17.1 Å². The summed E-state index contributed by atoms with van der Waals surface area (Å²) in [5, 5.41) is 0. The standard InChI is InChI=1S/C12H13N3/c1-15(2)8-7-10-9-13-11-5-3-4-6-12(11)14-10/h3-9H,1-2H3/b8-7+. The summed E-state index contributed by atoms with van der Waals surface area (Å²) in [5.41, 5.74) is 2.74. The van der Waals surface area contributed by atoms with Gasteiger partial charge in [-0.3, -0.25) is 4.98 Å². The first-order valence-electron chi connectivity index (χ1n) is 4.82. The Kier molecular flexibility index (Phi) is 2.63. The van der Waals surface area contributed by atoms with Crippen molar-refractivity contribution in [3.63, 3.8) is 0 Å². The lowest BCUT2D eigenvalue weighted by atomic mass is 10.3. The normalized spacial score (nSPS) is 11.1. The molecule has 0 saturated heterocycles. The van der Waals surface area contributed by atoms with Gasteiger partial charge in [-0.05, 0) is 18.2 Å². The van der Waals surface area contributed by atoms with Crippen molar-refractivity contribution in [3.05, 3.63) is 42.4 Å². The van der Waals surface area contributed by atoms with Crippen LogP contribution in [0.1, 0.15) is 5.69 Å². The Morgan fingerprint density at radius 3 is 2.60 bits per heavy atom. The van der Waals surface area contributed by atoms with Crippen LogP contribution in [0, 0.1) is 0 Å². The molecule has 1 heterocycles. The molecule has 0 N–H and O–H groups in total. The molecule has 2 aromatic rings. The first-order chi connectivity index (χ1) is 7.25. The number of hydrogen-bond acceptors (Lipinski definition) is 3. The lowest BCUT2D eigenvalue weighted by Gasteiger charge is -2.03. The SMILES string of the molecule is CN(C)/C=C/c1cnc2ccccc2n1. The summed E-state index contributed by atoms with van der Waals surface area (Å²) in [6.07, 6.45) is 5.68. The van der Waals surface area contributed by atoms with E-state index < -0.39 is 0 Å². The van der Waals surface area contributed by atoms with E-state index >= 15 is 0 Å². The Bertz CT molecular complexity index is 489. The minimum Gasteiger partial charge on any atom is -0.383 e. The average molecular weight is 199 g/mol. The van der Waals surface area contributed by atoms with Crippen LogP contribution in [0.3, 0.4) is 0 Å². The van der Waals surface area contributed by atoms with E-state index in [0.717, 1.165) is 16.7 Å². The molecular weight excluding hydrogens is 186 g/mol. The van der Waals surface area contributed by atoms with E-state index in [0.29, 0.717) is 0 Å². The Morgan fingerprint density at radius 1 is 1.13 bits per heavy atom. The van der Waals surface area contributed by atoms with Gasteiger partial charge in [-0.25, -0.2) is 4.98 Å². The van der Waals surface area contributed by atoms with Crippen molar-refractivity contribution in [1.82, 2.24) is 14.9 Å². The van der Waals surface area contributed by atoms with Crippen molar-refractivity contribution in [3.8, 4) is 0 Å². The van der Waals surface area contributed by atoms with Crippen LogP contribution < -0.4 is 0 Å². The van der Waals surface area contributed by atoms with Crippen LogP contribution in [0.5, 0.6) is 0 Å². The van der Waals surface area contributed by atoms with Crippen LogP contribution >= 0.6 is 0 Å². The minimum atomic E-state index is 0.877. The van der Waals surface area contributed by atoms with Gasteiger partial charge in [0.15, 0.2) is 0 Å². The molecule has 1 aromatic carbocycles. The van der Waals surface area contributed by atoms with Gasteiger partial charge >= 0.3 is 0 Å². The third kappa shape index (κ3) is 2.31. The Balaban J connectivity index is 2.39. The van der Waals surface area contributed by atoms with E-state index in [1.807, 2.05) is 55.5 Å². The Morgan fingerprint density at radius 2 is 1.87 bits per heavy atom. The third-order valence-electron chi connectivity index (χ3n) is 2.01. The van der Waals surface area contributed by atoms with Crippen molar-refractivity contribution in [2.45, 2.75) is 0 Å². The largest absolute Gasteiger partial charge is 0.383 e. The summed E-state index contributed by atoms with van der Waals surface area (Å²) in [5.74, 6) is 0. The predicted molar refractivity (Wildman–Crippen MR) is 62.3 cm³/mol. The van der Waals surface area contributed by atoms with Gasteiger partial charge in [-0.2, -0.15) is 0 Å². The van der Waals surface area contributed by atoms with E-state index in [1.54, 1.807) is 6.20 Å². The fourth-order valence-electron chi connectivity index (χ4n) is 1.28. The maximum atomic E-state index is 4.47. The van der Waals surface area contributed by atoms with Crippen molar-refractivity contribution in [1.29, 1.82) is 0 Å². The summed E-state index contributed by atoms with van der Waals surface area (Å²) in [4.78, 5) is 10.8. The lowest BCUT2D eigenvalue weighted by molar-refractivity contribution is 0.567. The van der Waals surface area contributed by atoms with E-state index in [4.69, 9.17) is 0 Å². The highest BCUT2D eigenvalue weighted by Gasteiger charge is 1.95. The van der Waals surface area contributed by atoms with E-state index in [9.17, 15) is 0 Å². The van der Waals surface area contributed by atoms with Gasteiger partial charge in [-0.15, -0.1) is 0 Å². The van der Waals surface area contributed by atoms with Gasteiger partial charge in [-0.1, -0.05) is 12.1 Å². The van der Waals surface area contributed by atoms with E-state index in [1.165, 1.54) is 0 Å². The molecule has 0 fully saturated rings. The third-order valence-corrected chi connectivity index (χ3v) is 2.01. The van der Waals surface area contributed by atoms with Gasteiger partial charge in [0.05, 0.1) is 22.9 Å². The number of aromatic nitrogens is 2. The molecule has 1 aromatic heterocycles. The fraction of sp³-hybridized carbons (Fsp3) is 0.167. The second kappa shape index (κ2) is 4.09. The summed E-state index contributed by atoms with van der Waals surface area (Å²) < 4.78 is 0. The van der Waals surface area contributed by atoms with E-state index in [-0.39, 0.29) is 0 Å². The number of rotatable bonds is 2. The molecular formula is C12H13N3. The quantitative estimate of drug-likeness (QED) is 0.742. The number of hydrogen-bond donors (Lipinski definition) is 0. The zero-order valence-electron chi connectivity index (χ0n) is 8.88. The number of para-hydroxylation sites is 2. The minimum absolute atomic E-state index is 0.877. The fourth-order valence-corrected chi connectivity index (χ4v) is 1.28. The molecule has 0 bridgehead atoms. The summed E-state index contributed by atoms with van der Waals surface area (Å²) >= 11 is 0. The first kappa shape index (κ1) is 9.65. The second-order valence-corrected chi connectivity index (χ2v) is 3.56. The number of benzene rings is 1. The highest BCUT2D eigenvalue weighted by molar-refractivity contribution is 5.74. The summed E-state index contributed by atoms with van der Waals surface area (Å²) in [6.45, 7) is 0. The molecule has 0 aliphatic carbocycles. The van der Waals surface area contributed by atoms with Crippen LogP contribution in [-0.4, -0.2) is 29.0 Å². The zero-order chi connectivity index (χ0) is 10.7. The summed E-state index contributed by atoms with van der Waals surface area (Å²) in [7, 11) is 3.95. The lowest BCUT2D eigenvalue weighted by Crippen LogP contribution is -2.00. The van der Waals surface area contributed by atoms with Crippen LogP contribution in [0.4, 0.5) is 0 Å². The van der Waals surface area contributed by atoms with Crippen molar-refractivity contribution < 1.29 is 0 Å². The predicted octanol–water partition coefficient (Wildman–Crippen LogP) is 2.16. The maximum absolute atomic E-state index is 4.47.